The molecular weight excluding hydrogens is 483 g/mol. The summed E-state index contributed by atoms with van der Waals surface area (Å²) in [6, 6.07) is 11.3. The fraction of sp³-hybridized carbons (Fsp3) is 0.280. The van der Waals surface area contributed by atoms with Crippen LogP contribution in [-0.2, 0) is 27.5 Å². The van der Waals surface area contributed by atoms with Gasteiger partial charge in [0.15, 0.2) is 0 Å². The summed E-state index contributed by atoms with van der Waals surface area (Å²) in [6.07, 6.45) is 1.18. The minimum atomic E-state index is -1.91. The molecule has 3 rings (SSSR count). The van der Waals surface area contributed by atoms with E-state index in [0.29, 0.717) is 17.4 Å². The van der Waals surface area contributed by atoms with Crippen LogP contribution in [0.5, 0.6) is 0 Å². The molecule has 0 fully saturated rings. The van der Waals surface area contributed by atoms with Gasteiger partial charge in [0.05, 0.1) is 14.7 Å². The highest BCUT2D eigenvalue weighted by Crippen LogP contribution is 2.19. The Labute approximate surface area is 208 Å². The smallest absolute Gasteiger partial charge is 0.328 e. The van der Waals surface area contributed by atoms with Gasteiger partial charge in [0.2, 0.25) is 5.91 Å². The Morgan fingerprint density at radius 1 is 1.08 bits per heavy atom. The van der Waals surface area contributed by atoms with E-state index >= 15 is 0 Å². The second-order valence-corrected chi connectivity index (χ2v) is 14.4. The van der Waals surface area contributed by atoms with Gasteiger partial charge in [-0.1, -0.05) is 50.0 Å². The van der Waals surface area contributed by atoms with Crippen molar-refractivity contribution in [3.63, 3.8) is 0 Å². The van der Waals surface area contributed by atoms with Crippen LogP contribution in [0.4, 0.5) is 10.1 Å². The van der Waals surface area contributed by atoms with Gasteiger partial charge in [-0.15, -0.1) is 0 Å². The molecule has 0 unspecified atom stereocenters. The number of nitrogens with one attached hydrogen (secondary N) is 3. The Kier molecular flexibility index (Phi) is 8.38. The van der Waals surface area contributed by atoms with Crippen LogP contribution in [0, 0.1) is 5.82 Å². The number of hydrogen-bond donors (Lipinski definition) is 3. The van der Waals surface area contributed by atoms with Crippen LogP contribution < -0.4 is 27.1 Å². The Morgan fingerprint density at radius 3 is 2.36 bits per heavy atom. The zero-order valence-corrected chi connectivity index (χ0v) is 21.6. The highest BCUT2D eigenvalue weighted by atomic mass is 28.3. The molecule has 0 bridgehead atoms. The van der Waals surface area contributed by atoms with Crippen molar-refractivity contribution in [1.82, 2.24) is 14.9 Å². The zero-order chi connectivity index (χ0) is 26.5. The molecule has 0 aliphatic heterocycles. The third kappa shape index (κ3) is 6.64. The van der Waals surface area contributed by atoms with Crippen LogP contribution in [0.2, 0.25) is 19.6 Å². The molecule has 2 aromatic carbocycles. The average Bonchev–Trinajstić information content (AvgIpc) is 2.80. The summed E-state index contributed by atoms with van der Waals surface area (Å²) in [5, 5.41) is 5.87. The molecule has 36 heavy (non-hydrogen) atoms. The Balaban J connectivity index is 1.87. The number of anilines is 1. The van der Waals surface area contributed by atoms with Crippen LogP contribution in [0.15, 0.2) is 64.3 Å². The van der Waals surface area contributed by atoms with Gasteiger partial charge in [0.25, 0.3) is 11.5 Å². The van der Waals surface area contributed by atoms with E-state index in [1.165, 1.54) is 12.3 Å². The Hall–Kier alpha value is -3.83. The molecule has 190 valence electrons. The van der Waals surface area contributed by atoms with Crippen molar-refractivity contribution in [3.05, 3.63) is 92.5 Å². The van der Waals surface area contributed by atoms with Crippen molar-refractivity contribution in [2.45, 2.75) is 38.8 Å². The minimum Gasteiger partial charge on any atom is -0.380 e. The van der Waals surface area contributed by atoms with E-state index in [-0.39, 0.29) is 5.69 Å². The van der Waals surface area contributed by atoms with E-state index in [4.69, 9.17) is 4.74 Å². The third-order valence-corrected chi connectivity index (χ3v) is 7.50. The molecule has 0 spiro atoms. The number of aromatic amines is 1. The number of rotatable bonds is 9. The normalized spacial score (nSPS) is 12.1. The molecular formula is C25H29FN4O5Si. The number of aromatic nitrogens is 2. The lowest BCUT2D eigenvalue weighted by Crippen LogP contribution is -2.43. The molecule has 1 aromatic heterocycles. The van der Waals surface area contributed by atoms with E-state index in [1.807, 2.05) is 19.6 Å². The maximum atomic E-state index is 14.7. The summed E-state index contributed by atoms with van der Waals surface area (Å²) in [7, 11) is -0.347. The summed E-state index contributed by atoms with van der Waals surface area (Å²) in [5.74, 6) is -1.74. The summed E-state index contributed by atoms with van der Waals surface area (Å²) >= 11 is 0. The van der Waals surface area contributed by atoms with Crippen molar-refractivity contribution in [1.29, 1.82) is 0 Å². The van der Waals surface area contributed by atoms with Gasteiger partial charge >= 0.3 is 5.69 Å². The van der Waals surface area contributed by atoms with Gasteiger partial charge in [-0.05, 0) is 28.4 Å². The van der Waals surface area contributed by atoms with Crippen molar-refractivity contribution in [3.8, 4) is 0 Å². The number of halogens is 1. The van der Waals surface area contributed by atoms with Crippen LogP contribution in [0.3, 0.4) is 0 Å². The number of nitrogens with zero attached hydrogens (tertiary/aromatic N) is 1. The fourth-order valence-corrected chi connectivity index (χ4v) is 5.01. The van der Waals surface area contributed by atoms with E-state index < -0.39 is 49.5 Å². The molecule has 2 amide bonds. The molecule has 11 heteroatoms. The van der Waals surface area contributed by atoms with Crippen molar-refractivity contribution < 1.29 is 18.7 Å². The van der Waals surface area contributed by atoms with Crippen LogP contribution in [0.25, 0.3) is 0 Å². The minimum absolute atomic E-state index is 0.241. The fourth-order valence-electron chi connectivity index (χ4n) is 3.64. The summed E-state index contributed by atoms with van der Waals surface area (Å²) in [4.78, 5) is 52.2. The average molecular weight is 513 g/mol. The lowest BCUT2D eigenvalue weighted by atomic mass is 10.0. The number of methoxy groups -OCH3 is 1. The quantitative estimate of drug-likeness (QED) is 0.378. The second-order valence-electron chi connectivity index (χ2n) is 9.32. The molecule has 3 aromatic rings. The molecule has 0 radical (unpaired) electrons. The predicted molar refractivity (Wildman–Crippen MR) is 137 cm³/mol. The molecule has 1 heterocycles. The third-order valence-electron chi connectivity index (χ3n) is 5.48. The Morgan fingerprint density at radius 2 is 1.78 bits per heavy atom. The number of hydrogen-bond acceptors (Lipinski definition) is 5. The van der Waals surface area contributed by atoms with E-state index in [2.05, 4.69) is 15.6 Å². The largest absolute Gasteiger partial charge is 0.380 e. The first kappa shape index (κ1) is 26.8. The molecule has 3 N–H and O–H groups in total. The van der Waals surface area contributed by atoms with Gasteiger partial charge < -0.3 is 20.4 Å². The lowest BCUT2D eigenvalue weighted by Gasteiger charge is -2.21. The van der Waals surface area contributed by atoms with E-state index in [1.54, 1.807) is 43.5 Å². The van der Waals surface area contributed by atoms with Crippen molar-refractivity contribution in [2.24, 2.45) is 0 Å². The first-order valence-corrected chi connectivity index (χ1v) is 14.8. The molecule has 0 aliphatic rings. The van der Waals surface area contributed by atoms with Crippen LogP contribution in [0.1, 0.15) is 17.2 Å². The first-order valence-electron chi connectivity index (χ1n) is 11.3. The molecule has 1 atom stereocenters. The van der Waals surface area contributed by atoms with Gasteiger partial charge in [-0.3, -0.25) is 19.0 Å². The van der Waals surface area contributed by atoms with Crippen molar-refractivity contribution in [2.75, 3.05) is 12.4 Å². The molecule has 0 saturated heterocycles. The molecule has 0 saturated carbocycles. The number of ether oxygens (including phenoxy) is 1. The summed E-state index contributed by atoms with van der Waals surface area (Å²) < 4.78 is 20.5. The first-order chi connectivity index (χ1) is 17.0. The van der Waals surface area contributed by atoms with E-state index in [0.717, 1.165) is 16.2 Å². The molecule has 9 nitrogen and oxygen atoms in total. The predicted octanol–water partition coefficient (Wildman–Crippen LogP) is 1.86. The number of H-pyrrole nitrogens is 1. The SMILES string of the molecule is COCc1ccc([C@@H](NC(=O)Cn2c(=O)cc[nH]c2=O)C(=O)Nc2ccc([Si](C)(C)C)c(F)c2)cc1. The van der Waals surface area contributed by atoms with Gasteiger partial charge in [-0.2, -0.15) is 0 Å². The van der Waals surface area contributed by atoms with E-state index in [9.17, 15) is 23.6 Å². The lowest BCUT2D eigenvalue weighted by molar-refractivity contribution is -0.127. The second kappa shape index (κ2) is 11.3. The Bertz CT molecular complexity index is 1330. The van der Waals surface area contributed by atoms with Crippen molar-refractivity contribution >= 4 is 30.8 Å². The van der Waals surface area contributed by atoms with Crippen LogP contribution in [-0.4, -0.2) is 36.5 Å². The maximum Gasteiger partial charge on any atom is 0.328 e. The number of benzene rings is 2. The number of carbonyl (C=O) groups excluding carboxylic acids is 2. The van der Waals surface area contributed by atoms with Gasteiger partial charge in [0, 0.05) is 25.1 Å². The summed E-state index contributed by atoms with van der Waals surface area (Å²) in [6.45, 7) is 5.84. The number of carbonyl (C=O) groups is 2. The summed E-state index contributed by atoms with van der Waals surface area (Å²) in [5.41, 5.74) is 0.148. The standard InChI is InChI=1S/C25H29FN4O5Si/c1-35-15-16-5-7-17(8-6-16)23(29-21(31)14-30-22(32)11-12-27-25(30)34)24(33)28-18-9-10-20(19(26)13-18)36(2,3)4/h5-13,23H,14-15H2,1-4H3,(H,27,34)(H,28,33)(H,29,31)/t23-/m1/s1. The zero-order valence-electron chi connectivity index (χ0n) is 20.6. The topological polar surface area (TPSA) is 122 Å². The number of amides is 2. The molecule has 0 aliphatic carbocycles. The maximum absolute atomic E-state index is 14.7. The monoisotopic (exact) mass is 512 g/mol. The highest BCUT2D eigenvalue weighted by molar-refractivity contribution is 6.88. The van der Waals surface area contributed by atoms with Gasteiger partial charge in [-0.25, -0.2) is 9.18 Å². The highest BCUT2D eigenvalue weighted by Gasteiger charge is 2.25. The van der Waals surface area contributed by atoms with Gasteiger partial charge in [0.1, 0.15) is 18.4 Å². The van der Waals surface area contributed by atoms with Crippen LogP contribution >= 0.6 is 0 Å².